The molecular weight excluding hydrogens is 224 g/mol. The summed E-state index contributed by atoms with van der Waals surface area (Å²) >= 11 is 0. The molecule has 1 N–H and O–H groups in total. The number of nitrogens with zero attached hydrogens (tertiary/aromatic N) is 1. The molecule has 0 bridgehead atoms. The van der Waals surface area contributed by atoms with Gasteiger partial charge in [0.05, 0.1) is 0 Å². The minimum atomic E-state index is 0.0133. The molecule has 0 saturated carbocycles. The van der Waals surface area contributed by atoms with E-state index in [4.69, 9.17) is 0 Å². The van der Waals surface area contributed by atoms with Crippen molar-refractivity contribution in [2.75, 3.05) is 0 Å². The Morgan fingerprint density at radius 3 is 2.78 bits per heavy atom. The van der Waals surface area contributed by atoms with Gasteiger partial charge in [-0.15, -0.1) is 0 Å². The van der Waals surface area contributed by atoms with Crippen molar-refractivity contribution in [2.24, 2.45) is 5.10 Å². The first-order chi connectivity index (χ1) is 8.83. The van der Waals surface area contributed by atoms with Crippen LogP contribution >= 0.6 is 0 Å². The van der Waals surface area contributed by atoms with E-state index in [1.165, 1.54) is 5.56 Å². The molecule has 0 radical (unpaired) electrons. The molecule has 3 nitrogen and oxygen atoms in total. The van der Waals surface area contributed by atoms with Crippen molar-refractivity contribution in [1.82, 2.24) is 5.43 Å². The maximum Gasteiger partial charge on any atom is 0.240 e. The molecule has 0 heterocycles. The molecule has 0 aliphatic heterocycles. The van der Waals surface area contributed by atoms with Crippen LogP contribution in [0.3, 0.4) is 0 Å². The first kappa shape index (κ1) is 14.4. The van der Waals surface area contributed by atoms with Crippen molar-refractivity contribution in [3.63, 3.8) is 0 Å². The Bertz CT molecular complexity index is 360. The number of nitrogens with one attached hydrogen (secondary N) is 1. The maximum absolute atomic E-state index is 11.3. The number of hydrogen-bond donors (Lipinski definition) is 1. The minimum absolute atomic E-state index is 0.0133. The lowest BCUT2D eigenvalue weighted by Crippen LogP contribution is -2.16. The number of carbonyl (C=O) groups excluding carboxylic acids is 1. The summed E-state index contributed by atoms with van der Waals surface area (Å²) in [5.74, 6) is 0.0133. The molecular formula is C15H22N2O. The van der Waals surface area contributed by atoms with E-state index in [0.29, 0.717) is 6.42 Å². The second-order valence-corrected chi connectivity index (χ2v) is 4.33. The standard InChI is InChI=1S/C15H22N2O/c1-2-3-5-12-15(18)17-16-13-8-11-14-9-6-4-7-10-14/h4,6-7,9-10,13H,2-3,5,8,11-12H2,1H3,(H,17,18). The van der Waals surface area contributed by atoms with Crippen LogP contribution in [-0.4, -0.2) is 12.1 Å². The highest BCUT2D eigenvalue weighted by molar-refractivity contribution is 5.76. The summed E-state index contributed by atoms with van der Waals surface area (Å²) in [4.78, 5) is 11.3. The Morgan fingerprint density at radius 2 is 2.06 bits per heavy atom. The van der Waals surface area contributed by atoms with Crippen molar-refractivity contribution in [1.29, 1.82) is 0 Å². The van der Waals surface area contributed by atoms with Crippen LogP contribution < -0.4 is 5.43 Å². The van der Waals surface area contributed by atoms with Gasteiger partial charge in [-0.2, -0.15) is 5.10 Å². The van der Waals surface area contributed by atoms with E-state index >= 15 is 0 Å². The normalized spacial score (nSPS) is 10.7. The van der Waals surface area contributed by atoms with Gasteiger partial charge in [0.1, 0.15) is 0 Å². The summed E-state index contributed by atoms with van der Waals surface area (Å²) in [5, 5.41) is 3.94. The van der Waals surface area contributed by atoms with Gasteiger partial charge in [-0.3, -0.25) is 4.79 Å². The van der Waals surface area contributed by atoms with E-state index in [2.05, 4.69) is 29.6 Å². The first-order valence-electron chi connectivity index (χ1n) is 6.67. The van der Waals surface area contributed by atoms with Crippen LogP contribution in [-0.2, 0) is 11.2 Å². The van der Waals surface area contributed by atoms with Crippen LogP contribution in [0.15, 0.2) is 35.4 Å². The fourth-order valence-electron chi connectivity index (χ4n) is 1.65. The molecule has 1 aromatic carbocycles. The van der Waals surface area contributed by atoms with Crippen LogP contribution in [0.1, 0.15) is 44.6 Å². The van der Waals surface area contributed by atoms with E-state index in [-0.39, 0.29) is 5.91 Å². The fraction of sp³-hybridized carbons (Fsp3) is 0.467. The molecule has 0 spiro atoms. The lowest BCUT2D eigenvalue weighted by atomic mass is 10.1. The lowest BCUT2D eigenvalue weighted by Gasteiger charge is -1.99. The SMILES string of the molecule is CCCCCC(=O)NN=CCCc1ccccc1. The molecule has 0 aliphatic rings. The van der Waals surface area contributed by atoms with Gasteiger partial charge in [0.25, 0.3) is 0 Å². The highest BCUT2D eigenvalue weighted by atomic mass is 16.2. The number of benzene rings is 1. The van der Waals surface area contributed by atoms with Crippen molar-refractivity contribution in [2.45, 2.75) is 45.4 Å². The number of hydrazone groups is 1. The zero-order chi connectivity index (χ0) is 13.1. The third kappa shape index (κ3) is 6.84. The van der Waals surface area contributed by atoms with Gasteiger partial charge in [-0.25, -0.2) is 5.43 Å². The van der Waals surface area contributed by atoms with Crippen LogP contribution in [0.25, 0.3) is 0 Å². The first-order valence-corrected chi connectivity index (χ1v) is 6.67. The average molecular weight is 246 g/mol. The monoisotopic (exact) mass is 246 g/mol. The molecule has 0 atom stereocenters. The largest absolute Gasteiger partial charge is 0.273 e. The number of amides is 1. The van der Waals surface area contributed by atoms with Gasteiger partial charge in [0, 0.05) is 12.6 Å². The highest BCUT2D eigenvalue weighted by Gasteiger charge is 1.97. The van der Waals surface area contributed by atoms with Crippen LogP contribution in [0.4, 0.5) is 0 Å². The second-order valence-electron chi connectivity index (χ2n) is 4.33. The van der Waals surface area contributed by atoms with Gasteiger partial charge in [-0.1, -0.05) is 50.1 Å². The summed E-state index contributed by atoms with van der Waals surface area (Å²) in [7, 11) is 0. The summed E-state index contributed by atoms with van der Waals surface area (Å²) in [6.07, 6.45) is 7.32. The summed E-state index contributed by atoms with van der Waals surface area (Å²) in [5.41, 5.74) is 3.85. The number of unbranched alkanes of at least 4 members (excludes halogenated alkanes) is 2. The Hall–Kier alpha value is -1.64. The maximum atomic E-state index is 11.3. The van der Waals surface area contributed by atoms with Crippen LogP contribution in [0.2, 0.25) is 0 Å². The molecule has 0 aliphatic carbocycles. The van der Waals surface area contributed by atoms with E-state index in [1.807, 2.05) is 18.2 Å². The Kier molecular flexibility index (Phi) is 7.53. The molecule has 0 unspecified atom stereocenters. The Balaban J connectivity index is 2.08. The Morgan fingerprint density at radius 1 is 1.28 bits per heavy atom. The molecule has 3 heteroatoms. The van der Waals surface area contributed by atoms with E-state index in [9.17, 15) is 4.79 Å². The van der Waals surface area contributed by atoms with Crippen molar-refractivity contribution in [3.05, 3.63) is 35.9 Å². The summed E-state index contributed by atoms with van der Waals surface area (Å²) < 4.78 is 0. The van der Waals surface area contributed by atoms with E-state index in [1.54, 1.807) is 6.21 Å². The fourth-order valence-corrected chi connectivity index (χ4v) is 1.65. The van der Waals surface area contributed by atoms with Gasteiger partial charge in [-0.05, 0) is 24.8 Å². The summed E-state index contributed by atoms with van der Waals surface area (Å²) in [6.45, 7) is 2.12. The van der Waals surface area contributed by atoms with Crippen molar-refractivity contribution < 1.29 is 4.79 Å². The van der Waals surface area contributed by atoms with Crippen LogP contribution in [0.5, 0.6) is 0 Å². The minimum Gasteiger partial charge on any atom is -0.273 e. The quantitative estimate of drug-likeness (QED) is 0.427. The van der Waals surface area contributed by atoms with Gasteiger partial charge >= 0.3 is 0 Å². The lowest BCUT2D eigenvalue weighted by molar-refractivity contribution is -0.121. The zero-order valence-corrected chi connectivity index (χ0v) is 11.1. The zero-order valence-electron chi connectivity index (χ0n) is 11.1. The van der Waals surface area contributed by atoms with Gasteiger partial charge in [0.15, 0.2) is 0 Å². The van der Waals surface area contributed by atoms with E-state index in [0.717, 1.165) is 32.1 Å². The smallest absolute Gasteiger partial charge is 0.240 e. The van der Waals surface area contributed by atoms with Gasteiger partial charge < -0.3 is 0 Å². The topological polar surface area (TPSA) is 41.5 Å². The van der Waals surface area contributed by atoms with Gasteiger partial charge in [0.2, 0.25) is 5.91 Å². The molecule has 0 fully saturated rings. The molecule has 1 rings (SSSR count). The third-order valence-corrected chi connectivity index (χ3v) is 2.69. The van der Waals surface area contributed by atoms with E-state index < -0.39 is 0 Å². The number of hydrogen-bond acceptors (Lipinski definition) is 2. The molecule has 18 heavy (non-hydrogen) atoms. The third-order valence-electron chi connectivity index (χ3n) is 2.69. The van der Waals surface area contributed by atoms with Crippen molar-refractivity contribution in [3.8, 4) is 0 Å². The number of carbonyl (C=O) groups is 1. The molecule has 1 aromatic rings. The predicted molar refractivity (Wildman–Crippen MR) is 75.5 cm³/mol. The average Bonchev–Trinajstić information content (AvgIpc) is 2.40. The number of aryl methyl sites for hydroxylation is 1. The molecule has 98 valence electrons. The second kappa shape index (κ2) is 9.40. The molecule has 1 amide bonds. The Labute approximate surface area is 109 Å². The van der Waals surface area contributed by atoms with Crippen LogP contribution in [0, 0.1) is 0 Å². The number of rotatable bonds is 8. The van der Waals surface area contributed by atoms with Crippen molar-refractivity contribution >= 4 is 12.1 Å². The molecule has 0 saturated heterocycles. The molecule has 0 aromatic heterocycles. The highest BCUT2D eigenvalue weighted by Crippen LogP contribution is 2.01. The predicted octanol–water partition coefficient (Wildman–Crippen LogP) is 3.30. The summed E-state index contributed by atoms with van der Waals surface area (Å²) in [6, 6.07) is 10.3.